The van der Waals surface area contributed by atoms with E-state index in [1.165, 1.54) is 6.07 Å². The third-order valence-electron chi connectivity index (χ3n) is 2.39. The second-order valence-electron chi connectivity index (χ2n) is 3.56. The van der Waals surface area contributed by atoms with Crippen LogP contribution in [-0.4, -0.2) is 0 Å². The average Bonchev–Trinajstić information content (AvgIpc) is 2.69. The largest absolute Gasteiger partial charge is 0.320 e. The fraction of sp³-hybridized carbons (Fsp3) is 0.167. The Bertz CT molecular complexity index is 456. The first-order chi connectivity index (χ1) is 7.18. The maximum absolute atomic E-state index is 13.6. The summed E-state index contributed by atoms with van der Waals surface area (Å²) in [6.07, 6.45) is 0. The standard InChI is InChI=1S/C12H12FNS.ClH/c1-8-2-3-10(11(13)6-8)12(14)9-4-5-15-7-9;/h2-7,12H,14H2,1H3;1H/t12-;/m1./s1. The molecule has 1 aromatic carbocycles. The molecule has 0 radical (unpaired) electrons. The van der Waals surface area contributed by atoms with Crippen molar-refractivity contribution in [1.82, 2.24) is 0 Å². The number of rotatable bonds is 2. The second-order valence-corrected chi connectivity index (χ2v) is 4.34. The van der Waals surface area contributed by atoms with Crippen molar-refractivity contribution in [2.75, 3.05) is 0 Å². The van der Waals surface area contributed by atoms with Crippen molar-refractivity contribution in [2.45, 2.75) is 13.0 Å². The van der Waals surface area contributed by atoms with Crippen LogP contribution < -0.4 is 5.73 Å². The van der Waals surface area contributed by atoms with Gasteiger partial charge in [-0.1, -0.05) is 12.1 Å². The molecule has 1 nitrogen and oxygen atoms in total. The maximum atomic E-state index is 13.6. The molecule has 0 fully saturated rings. The van der Waals surface area contributed by atoms with E-state index >= 15 is 0 Å². The first kappa shape index (κ1) is 13.2. The number of hydrogen-bond donors (Lipinski definition) is 1. The predicted molar refractivity (Wildman–Crippen MR) is 68.7 cm³/mol. The van der Waals surface area contributed by atoms with Crippen LogP contribution in [0.5, 0.6) is 0 Å². The minimum Gasteiger partial charge on any atom is -0.320 e. The summed E-state index contributed by atoms with van der Waals surface area (Å²) in [7, 11) is 0. The zero-order valence-corrected chi connectivity index (χ0v) is 10.4. The Morgan fingerprint density at radius 1 is 1.31 bits per heavy atom. The Hall–Kier alpha value is -0.900. The minimum atomic E-state index is -0.364. The van der Waals surface area contributed by atoms with Gasteiger partial charge in [-0.15, -0.1) is 12.4 Å². The monoisotopic (exact) mass is 257 g/mol. The zero-order chi connectivity index (χ0) is 10.8. The molecule has 0 aliphatic heterocycles. The summed E-state index contributed by atoms with van der Waals surface area (Å²) in [5.74, 6) is -0.228. The Labute approximate surface area is 105 Å². The van der Waals surface area contributed by atoms with Crippen LogP contribution >= 0.6 is 23.7 Å². The lowest BCUT2D eigenvalue weighted by Crippen LogP contribution is -2.12. The van der Waals surface area contributed by atoms with Gasteiger partial charge in [0.25, 0.3) is 0 Å². The van der Waals surface area contributed by atoms with Crippen LogP contribution in [0.25, 0.3) is 0 Å². The third kappa shape index (κ3) is 2.61. The number of thiophene rings is 1. The van der Waals surface area contributed by atoms with Gasteiger partial charge in [-0.3, -0.25) is 0 Å². The van der Waals surface area contributed by atoms with Gasteiger partial charge in [0.2, 0.25) is 0 Å². The molecule has 0 saturated carbocycles. The molecule has 0 amide bonds. The molecule has 16 heavy (non-hydrogen) atoms. The number of hydrogen-bond acceptors (Lipinski definition) is 2. The topological polar surface area (TPSA) is 26.0 Å². The van der Waals surface area contributed by atoms with Crippen molar-refractivity contribution in [3.05, 3.63) is 57.5 Å². The van der Waals surface area contributed by atoms with Gasteiger partial charge in [-0.25, -0.2) is 4.39 Å². The minimum absolute atomic E-state index is 0. The van der Waals surface area contributed by atoms with Gasteiger partial charge in [0.15, 0.2) is 0 Å². The molecule has 0 aliphatic rings. The van der Waals surface area contributed by atoms with Crippen molar-refractivity contribution in [1.29, 1.82) is 0 Å². The van der Waals surface area contributed by atoms with E-state index < -0.39 is 0 Å². The fourth-order valence-corrected chi connectivity index (χ4v) is 2.21. The molecule has 4 heteroatoms. The average molecular weight is 258 g/mol. The molecular weight excluding hydrogens is 245 g/mol. The summed E-state index contributed by atoms with van der Waals surface area (Å²) in [5.41, 5.74) is 8.40. The summed E-state index contributed by atoms with van der Waals surface area (Å²) in [6.45, 7) is 1.86. The molecule has 2 N–H and O–H groups in total. The summed E-state index contributed by atoms with van der Waals surface area (Å²) >= 11 is 1.57. The molecule has 2 aromatic rings. The van der Waals surface area contributed by atoms with Crippen LogP contribution in [0.2, 0.25) is 0 Å². The van der Waals surface area contributed by atoms with Crippen LogP contribution in [0.1, 0.15) is 22.7 Å². The SMILES string of the molecule is Cc1ccc([C@H](N)c2ccsc2)c(F)c1.Cl. The number of halogens is 2. The molecule has 0 spiro atoms. The van der Waals surface area contributed by atoms with Crippen LogP contribution in [0.15, 0.2) is 35.0 Å². The van der Waals surface area contributed by atoms with E-state index in [2.05, 4.69) is 0 Å². The highest BCUT2D eigenvalue weighted by Crippen LogP contribution is 2.24. The number of benzene rings is 1. The zero-order valence-electron chi connectivity index (χ0n) is 8.81. The van der Waals surface area contributed by atoms with Crippen molar-refractivity contribution in [3.8, 4) is 0 Å². The van der Waals surface area contributed by atoms with Gasteiger partial charge < -0.3 is 5.73 Å². The van der Waals surface area contributed by atoms with E-state index in [1.54, 1.807) is 17.4 Å². The van der Waals surface area contributed by atoms with E-state index in [4.69, 9.17) is 5.73 Å². The number of aryl methyl sites for hydroxylation is 1. The lowest BCUT2D eigenvalue weighted by molar-refractivity contribution is 0.599. The first-order valence-corrected chi connectivity index (χ1v) is 5.66. The molecule has 86 valence electrons. The molecular formula is C12H13ClFNS. The Morgan fingerprint density at radius 3 is 2.62 bits per heavy atom. The summed E-state index contributed by atoms with van der Waals surface area (Å²) in [4.78, 5) is 0. The molecule has 1 heterocycles. The molecule has 1 atom stereocenters. The summed E-state index contributed by atoms with van der Waals surface area (Å²) < 4.78 is 13.6. The Kier molecular flexibility index (Phi) is 4.47. The fourth-order valence-electron chi connectivity index (χ4n) is 1.52. The smallest absolute Gasteiger partial charge is 0.128 e. The van der Waals surface area contributed by atoms with Gasteiger partial charge in [-0.2, -0.15) is 11.3 Å². The van der Waals surface area contributed by atoms with E-state index in [-0.39, 0.29) is 24.3 Å². The van der Waals surface area contributed by atoms with Gasteiger partial charge in [0, 0.05) is 5.56 Å². The van der Waals surface area contributed by atoms with Crippen LogP contribution in [-0.2, 0) is 0 Å². The van der Waals surface area contributed by atoms with E-state index in [9.17, 15) is 4.39 Å². The van der Waals surface area contributed by atoms with E-state index in [1.807, 2.05) is 29.8 Å². The van der Waals surface area contributed by atoms with E-state index in [0.717, 1.165) is 11.1 Å². The molecule has 0 aliphatic carbocycles. The predicted octanol–water partition coefficient (Wildman–Crippen LogP) is 3.67. The Balaban J connectivity index is 0.00000128. The highest BCUT2D eigenvalue weighted by atomic mass is 35.5. The third-order valence-corrected chi connectivity index (χ3v) is 3.09. The van der Waals surface area contributed by atoms with Crippen molar-refractivity contribution < 1.29 is 4.39 Å². The quantitative estimate of drug-likeness (QED) is 0.873. The van der Waals surface area contributed by atoms with Crippen LogP contribution in [0.4, 0.5) is 4.39 Å². The molecule has 2 rings (SSSR count). The number of nitrogens with two attached hydrogens (primary N) is 1. The normalized spacial score (nSPS) is 11.9. The highest BCUT2D eigenvalue weighted by Gasteiger charge is 2.13. The first-order valence-electron chi connectivity index (χ1n) is 4.72. The Morgan fingerprint density at radius 2 is 2.06 bits per heavy atom. The molecule has 0 bridgehead atoms. The van der Waals surface area contributed by atoms with Gasteiger partial charge >= 0.3 is 0 Å². The van der Waals surface area contributed by atoms with Crippen molar-refractivity contribution in [3.63, 3.8) is 0 Å². The molecule has 1 aromatic heterocycles. The molecule has 0 unspecified atom stereocenters. The summed E-state index contributed by atoms with van der Waals surface area (Å²) in [5, 5.41) is 3.89. The van der Waals surface area contributed by atoms with Gasteiger partial charge in [-0.05, 0) is 40.9 Å². The molecule has 0 saturated heterocycles. The van der Waals surface area contributed by atoms with Crippen molar-refractivity contribution in [2.24, 2.45) is 5.73 Å². The van der Waals surface area contributed by atoms with Crippen LogP contribution in [0, 0.1) is 12.7 Å². The van der Waals surface area contributed by atoms with Crippen LogP contribution in [0.3, 0.4) is 0 Å². The van der Waals surface area contributed by atoms with Crippen molar-refractivity contribution >= 4 is 23.7 Å². The lowest BCUT2D eigenvalue weighted by atomic mass is 10.0. The maximum Gasteiger partial charge on any atom is 0.128 e. The van der Waals surface area contributed by atoms with E-state index in [0.29, 0.717) is 5.56 Å². The lowest BCUT2D eigenvalue weighted by Gasteiger charge is -2.11. The summed E-state index contributed by atoms with van der Waals surface area (Å²) in [6, 6.07) is 6.71. The van der Waals surface area contributed by atoms with Gasteiger partial charge in [0.1, 0.15) is 5.82 Å². The van der Waals surface area contributed by atoms with Gasteiger partial charge in [0.05, 0.1) is 6.04 Å². The second kappa shape index (κ2) is 5.43. The highest BCUT2D eigenvalue weighted by molar-refractivity contribution is 7.08.